The second kappa shape index (κ2) is 5.18. The summed E-state index contributed by atoms with van der Waals surface area (Å²) >= 11 is 0. The smallest absolute Gasteiger partial charge is 0.416 e. The highest BCUT2D eigenvalue weighted by Crippen LogP contribution is 2.34. The van der Waals surface area contributed by atoms with Gasteiger partial charge in [-0.1, -0.05) is 18.9 Å². The van der Waals surface area contributed by atoms with Crippen molar-refractivity contribution in [3.63, 3.8) is 0 Å². The lowest BCUT2D eigenvalue weighted by Gasteiger charge is -2.16. The van der Waals surface area contributed by atoms with E-state index in [1.54, 1.807) is 0 Å². The van der Waals surface area contributed by atoms with Crippen LogP contribution in [0.4, 0.5) is 13.2 Å². The maximum Gasteiger partial charge on any atom is 0.416 e. The van der Waals surface area contributed by atoms with E-state index in [0.29, 0.717) is 6.04 Å². The van der Waals surface area contributed by atoms with Gasteiger partial charge >= 0.3 is 6.18 Å². The third kappa shape index (κ3) is 3.16. The summed E-state index contributed by atoms with van der Waals surface area (Å²) in [5.41, 5.74) is -0.569. The molecule has 1 aliphatic rings. The van der Waals surface area contributed by atoms with E-state index in [1.807, 2.05) is 0 Å². The first-order valence-electron chi connectivity index (χ1n) is 6.09. The van der Waals surface area contributed by atoms with Crippen LogP contribution in [-0.2, 0) is 12.7 Å². The molecule has 5 heteroatoms. The Labute approximate surface area is 104 Å². The van der Waals surface area contributed by atoms with Crippen LogP contribution in [0.25, 0.3) is 0 Å². The molecule has 0 atom stereocenters. The minimum absolute atomic E-state index is 0.187. The lowest BCUT2D eigenvalue weighted by atomic mass is 10.1. The molecule has 1 aromatic carbocycles. The van der Waals surface area contributed by atoms with Gasteiger partial charge in [0.05, 0.1) is 5.56 Å². The summed E-state index contributed by atoms with van der Waals surface area (Å²) in [5.74, 6) is -0.355. The molecule has 0 amide bonds. The van der Waals surface area contributed by atoms with Crippen molar-refractivity contribution in [1.29, 1.82) is 0 Å². The molecule has 0 radical (unpaired) electrons. The van der Waals surface area contributed by atoms with Crippen LogP contribution in [-0.4, -0.2) is 11.1 Å². The predicted octanol–water partition coefficient (Wildman–Crippen LogP) is 3.44. The summed E-state index contributed by atoms with van der Waals surface area (Å²) in [4.78, 5) is 0. The van der Waals surface area contributed by atoms with E-state index in [1.165, 1.54) is 12.1 Å². The minimum Gasteiger partial charge on any atom is -0.508 e. The van der Waals surface area contributed by atoms with Crippen molar-refractivity contribution in [2.24, 2.45) is 0 Å². The Kier molecular flexibility index (Phi) is 3.80. The number of hydrogen-bond donors (Lipinski definition) is 2. The third-order valence-electron chi connectivity index (χ3n) is 3.34. The van der Waals surface area contributed by atoms with Gasteiger partial charge in [0.25, 0.3) is 0 Å². The van der Waals surface area contributed by atoms with Crippen LogP contribution in [0, 0.1) is 0 Å². The molecular formula is C13H16F3NO. The Hall–Kier alpha value is -1.23. The van der Waals surface area contributed by atoms with E-state index in [-0.39, 0.29) is 17.9 Å². The van der Waals surface area contributed by atoms with Crippen molar-refractivity contribution in [2.45, 2.75) is 44.4 Å². The van der Waals surface area contributed by atoms with Crippen LogP contribution in [0.15, 0.2) is 18.2 Å². The number of rotatable bonds is 3. The molecule has 1 aromatic rings. The Bertz CT molecular complexity index is 411. The largest absolute Gasteiger partial charge is 0.508 e. The highest BCUT2D eigenvalue weighted by atomic mass is 19.4. The van der Waals surface area contributed by atoms with Gasteiger partial charge < -0.3 is 10.4 Å². The maximum absolute atomic E-state index is 12.8. The van der Waals surface area contributed by atoms with Gasteiger partial charge in [0.1, 0.15) is 5.75 Å². The van der Waals surface area contributed by atoms with Gasteiger partial charge in [-0.25, -0.2) is 0 Å². The number of benzene rings is 1. The molecule has 0 aliphatic heterocycles. The van der Waals surface area contributed by atoms with E-state index < -0.39 is 11.7 Å². The number of nitrogens with one attached hydrogen (secondary N) is 1. The molecule has 18 heavy (non-hydrogen) atoms. The Morgan fingerprint density at radius 2 is 1.89 bits per heavy atom. The highest BCUT2D eigenvalue weighted by molar-refractivity contribution is 5.36. The molecule has 0 bridgehead atoms. The molecule has 1 aliphatic carbocycles. The minimum atomic E-state index is -4.43. The molecule has 0 heterocycles. The molecular weight excluding hydrogens is 243 g/mol. The fraction of sp³-hybridized carbons (Fsp3) is 0.538. The van der Waals surface area contributed by atoms with Crippen molar-refractivity contribution in [2.75, 3.05) is 0 Å². The van der Waals surface area contributed by atoms with Gasteiger partial charge in [-0.15, -0.1) is 0 Å². The second-order valence-electron chi connectivity index (χ2n) is 4.70. The van der Waals surface area contributed by atoms with Crippen molar-refractivity contribution in [3.8, 4) is 5.75 Å². The molecule has 2 rings (SSSR count). The first kappa shape index (κ1) is 13.2. The normalized spacial score (nSPS) is 17.3. The summed E-state index contributed by atoms with van der Waals surface area (Å²) in [5, 5.41) is 12.3. The average Bonchev–Trinajstić information content (AvgIpc) is 2.79. The topological polar surface area (TPSA) is 32.3 Å². The first-order valence-corrected chi connectivity index (χ1v) is 6.09. The Morgan fingerprint density at radius 3 is 2.50 bits per heavy atom. The number of phenols is 1. The average molecular weight is 259 g/mol. The van der Waals surface area contributed by atoms with Crippen LogP contribution < -0.4 is 5.32 Å². The van der Waals surface area contributed by atoms with Crippen molar-refractivity contribution in [1.82, 2.24) is 5.32 Å². The van der Waals surface area contributed by atoms with Crippen LogP contribution in [0.5, 0.6) is 5.75 Å². The summed E-state index contributed by atoms with van der Waals surface area (Å²) in [6.07, 6.45) is -0.0942. The molecule has 1 fully saturated rings. The van der Waals surface area contributed by atoms with E-state index in [9.17, 15) is 13.2 Å². The molecule has 1 saturated carbocycles. The predicted molar refractivity (Wildman–Crippen MR) is 62.2 cm³/mol. The number of hydrogen-bond acceptors (Lipinski definition) is 2. The van der Waals surface area contributed by atoms with Crippen LogP contribution in [0.3, 0.4) is 0 Å². The maximum atomic E-state index is 12.8. The highest BCUT2D eigenvalue weighted by Gasteiger charge is 2.33. The van der Waals surface area contributed by atoms with Gasteiger partial charge in [0.15, 0.2) is 0 Å². The van der Waals surface area contributed by atoms with Crippen molar-refractivity contribution < 1.29 is 18.3 Å². The first-order chi connectivity index (χ1) is 8.47. The van der Waals surface area contributed by atoms with Crippen LogP contribution in [0.1, 0.15) is 36.8 Å². The van der Waals surface area contributed by atoms with Crippen LogP contribution >= 0.6 is 0 Å². The molecule has 2 N–H and O–H groups in total. The molecule has 0 saturated heterocycles. The molecule has 0 aromatic heterocycles. The SMILES string of the molecule is Oc1ccc(CNC2CCCC2)c(C(F)(F)F)c1. The third-order valence-corrected chi connectivity index (χ3v) is 3.34. The zero-order chi connectivity index (χ0) is 13.2. The van der Waals surface area contributed by atoms with Crippen LogP contribution in [0.2, 0.25) is 0 Å². The van der Waals surface area contributed by atoms with Gasteiger partial charge in [-0.3, -0.25) is 0 Å². The number of halogens is 3. The lowest BCUT2D eigenvalue weighted by molar-refractivity contribution is -0.138. The van der Waals surface area contributed by atoms with Gasteiger partial charge in [0.2, 0.25) is 0 Å². The number of alkyl halides is 3. The molecule has 100 valence electrons. The van der Waals surface area contributed by atoms with Crippen molar-refractivity contribution in [3.05, 3.63) is 29.3 Å². The quantitative estimate of drug-likeness (QED) is 0.871. The molecule has 0 unspecified atom stereocenters. The van der Waals surface area contributed by atoms with Gasteiger partial charge in [-0.05, 0) is 30.5 Å². The summed E-state index contributed by atoms with van der Waals surface area (Å²) in [6, 6.07) is 3.73. The summed E-state index contributed by atoms with van der Waals surface area (Å²) < 4.78 is 38.4. The van der Waals surface area contributed by atoms with Gasteiger partial charge in [-0.2, -0.15) is 13.2 Å². The fourth-order valence-electron chi connectivity index (χ4n) is 2.37. The van der Waals surface area contributed by atoms with Gasteiger partial charge in [0, 0.05) is 12.6 Å². The Morgan fingerprint density at radius 1 is 1.22 bits per heavy atom. The molecule has 2 nitrogen and oxygen atoms in total. The monoisotopic (exact) mass is 259 g/mol. The number of phenolic OH excluding ortho intramolecular Hbond substituents is 1. The summed E-state index contributed by atoms with van der Waals surface area (Å²) in [7, 11) is 0. The van der Waals surface area contributed by atoms with E-state index in [4.69, 9.17) is 5.11 Å². The van der Waals surface area contributed by atoms with E-state index >= 15 is 0 Å². The zero-order valence-corrected chi connectivity index (χ0v) is 9.93. The van der Waals surface area contributed by atoms with Crippen molar-refractivity contribution >= 4 is 0 Å². The zero-order valence-electron chi connectivity index (χ0n) is 9.93. The Balaban J connectivity index is 2.11. The fourth-order valence-corrected chi connectivity index (χ4v) is 2.37. The lowest BCUT2D eigenvalue weighted by Crippen LogP contribution is -2.26. The number of aromatic hydroxyl groups is 1. The standard InChI is InChI=1S/C13H16F3NO/c14-13(15,16)12-7-11(18)6-5-9(12)8-17-10-3-1-2-4-10/h5-7,10,17-18H,1-4,8H2. The summed E-state index contributed by atoms with van der Waals surface area (Å²) in [6.45, 7) is 0.194. The van der Waals surface area contributed by atoms with E-state index in [0.717, 1.165) is 31.7 Å². The molecule has 0 spiro atoms. The second-order valence-corrected chi connectivity index (χ2v) is 4.70. The van der Waals surface area contributed by atoms with E-state index in [2.05, 4.69) is 5.32 Å².